The largest absolute Gasteiger partial charge is 0.493 e. The highest BCUT2D eigenvalue weighted by Gasteiger charge is 2.27. The molecule has 0 saturated heterocycles. The Morgan fingerprint density at radius 1 is 1.22 bits per heavy atom. The average molecular weight is 468 g/mol. The molecule has 27 heavy (non-hydrogen) atoms. The van der Waals surface area contributed by atoms with Gasteiger partial charge in [0.2, 0.25) is 5.11 Å². The van der Waals surface area contributed by atoms with E-state index in [1.807, 2.05) is 36.4 Å². The van der Waals surface area contributed by atoms with E-state index in [1.54, 1.807) is 14.2 Å². The monoisotopic (exact) mass is 466 g/mol. The molecule has 2 aromatic rings. The lowest BCUT2D eigenvalue weighted by Gasteiger charge is -2.14. The first kappa shape index (κ1) is 19.8. The highest BCUT2D eigenvalue weighted by Crippen LogP contribution is 2.35. The molecule has 2 aromatic carbocycles. The number of rotatable bonds is 6. The van der Waals surface area contributed by atoms with Crippen LogP contribution in [-0.2, 0) is 17.8 Å². The van der Waals surface area contributed by atoms with Gasteiger partial charge in [-0.15, -0.1) is 0 Å². The number of carbonyl (C=O) groups is 1. The summed E-state index contributed by atoms with van der Waals surface area (Å²) in [6.45, 7) is 0.379. The van der Waals surface area contributed by atoms with Crippen LogP contribution in [0.3, 0.4) is 0 Å². The van der Waals surface area contributed by atoms with Crippen LogP contribution in [0.2, 0.25) is 5.02 Å². The van der Waals surface area contributed by atoms with Crippen molar-refractivity contribution in [2.45, 2.75) is 13.0 Å². The second-order valence-corrected chi connectivity index (χ2v) is 7.55. The Hall–Kier alpha value is -1.96. The summed E-state index contributed by atoms with van der Waals surface area (Å²) in [5, 5.41) is 0.957. The normalized spacial score (nSPS) is 13.8. The summed E-state index contributed by atoms with van der Waals surface area (Å²) in [5.41, 5.74) is 2.25. The van der Waals surface area contributed by atoms with E-state index in [1.165, 1.54) is 4.90 Å². The molecule has 0 bridgehead atoms. The van der Waals surface area contributed by atoms with E-state index in [2.05, 4.69) is 20.9 Å². The summed E-state index contributed by atoms with van der Waals surface area (Å²) in [6, 6.07) is 11.1. The summed E-state index contributed by atoms with van der Waals surface area (Å²) in [6.07, 6.45) is 0.345. The number of hydrogen-bond acceptors (Lipinski definition) is 4. The van der Waals surface area contributed by atoms with Gasteiger partial charge in [-0.25, -0.2) is 4.99 Å². The van der Waals surface area contributed by atoms with Crippen LogP contribution in [0, 0.1) is 0 Å². The first-order chi connectivity index (χ1) is 12.9. The summed E-state index contributed by atoms with van der Waals surface area (Å²) in [5.74, 6) is 0.980. The number of amides is 1. The molecule has 1 aliphatic heterocycles. The Kier molecular flexibility index (Phi) is 6.14. The van der Waals surface area contributed by atoms with E-state index in [9.17, 15) is 4.79 Å². The van der Waals surface area contributed by atoms with Gasteiger partial charge in [-0.05, 0) is 47.6 Å². The van der Waals surface area contributed by atoms with E-state index in [0.29, 0.717) is 35.3 Å². The van der Waals surface area contributed by atoms with Gasteiger partial charge in [0, 0.05) is 23.0 Å². The molecule has 0 atom stereocenters. The quantitative estimate of drug-likeness (QED) is 0.590. The molecular weight excluding hydrogens is 452 g/mol. The standard InChI is InChI=1S/C19H16BrClN2O3S/c1-23-18(24)15(22-19(23)27)7-12-8-16(25-2)17(9-14(12)20)26-10-11-3-5-13(21)6-4-11/h3-6,8-9H,7,10H2,1-2H3. The third kappa shape index (κ3) is 4.48. The summed E-state index contributed by atoms with van der Waals surface area (Å²) < 4.78 is 12.1. The number of hydrogen-bond donors (Lipinski definition) is 0. The van der Waals surface area contributed by atoms with Gasteiger partial charge in [0.15, 0.2) is 11.5 Å². The van der Waals surface area contributed by atoms with E-state index >= 15 is 0 Å². The van der Waals surface area contributed by atoms with Crippen LogP contribution in [0.15, 0.2) is 45.9 Å². The predicted octanol–water partition coefficient (Wildman–Crippen LogP) is 4.43. The number of carbonyl (C=O) groups excluding carboxylic acids is 1. The lowest BCUT2D eigenvalue weighted by molar-refractivity contribution is -0.119. The van der Waals surface area contributed by atoms with Gasteiger partial charge in [-0.1, -0.05) is 39.7 Å². The van der Waals surface area contributed by atoms with Crippen molar-refractivity contribution >= 4 is 56.5 Å². The van der Waals surface area contributed by atoms with Crippen molar-refractivity contribution in [1.29, 1.82) is 0 Å². The third-order valence-corrected chi connectivity index (χ3v) is 5.42. The van der Waals surface area contributed by atoms with Gasteiger partial charge >= 0.3 is 0 Å². The minimum absolute atomic E-state index is 0.186. The van der Waals surface area contributed by atoms with E-state index in [-0.39, 0.29) is 11.0 Å². The van der Waals surface area contributed by atoms with E-state index in [4.69, 9.17) is 33.3 Å². The number of methoxy groups -OCH3 is 1. The van der Waals surface area contributed by atoms with Crippen LogP contribution >= 0.6 is 39.7 Å². The van der Waals surface area contributed by atoms with E-state index in [0.717, 1.165) is 15.6 Å². The smallest absolute Gasteiger partial charge is 0.274 e. The SMILES string of the molecule is COc1cc(CC2=NC(=S)N(C)C2=O)c(Br)cc1OCc1ccc(Cl)cc1. The Morgan fingerprint density at radius 3 is 2.52 bits per heavy atom. The van der Waals surface area contributed by atoms with Crippen LogP contribution < -0.4 is 9.47 Å². The molecule has 1 heterocycles. The topological polar surface area (TPSA) is 51.1 Å². The fourth-order valence-corrected chi connectivity index (χ4v) is 3.32. The molecule has 140 valence electrons. The van der Waals surface area contributed by atoms with Gasteiger partial charge in [0.1, 0.15) is 12.3 Å². The van der Waals surface area contributed by atoms with Crippen LogP contribution in [0.25, 0.3) is 0 Å². The zero-order chi connectivity index (χ0) is 19.6. The van der Waals surface area contributed by atoms with Crippen molar-refractivity contribution < 1.29 is 14.3 Å². The first-order valence-electron chi connectivity index (χ1n) is 8.02. The maximum Gasteiger partial charge on any atom is 0.274 e. The second kappa shape index (κ2) is 8.37. The zero-order valence-electron chi connectivity index (χ0n) is 14.7. The lowest BCUT2D eigenvalue weighted by Crippen LogP contribution is -2.29. The second-order valence-electron chi connectivity index (χ2n) is 5.89. The van der Waals surface area contributed by atoms with Crippen LogP contribution in [0.4, 0.5) is 0 Å². The molecule has 3 rings (SSSR count). The summed E-state index contributed by atoms with van der Waals surface area (Å²) in [4.78, 5) is 17.7. The fourth-order valence-electron chi connectivity index (χ4n) is 2.54. The maximum atomic E-state index is 12.2. The number of benzene rings is 2. The van der Waals surface area contributed by atoms with Gasteiger partial charge in [0.05, 0.1) is 7.11 Å². The van der Waals surface area contributed by atoms with Gasteiger partial charge in [-0.2, -0.15) is 0 Å². The number of aliphatic imine (C=N–C) groups is 1. The molecule has 0 unspecified atom stereocenters. The van der Waals surface area contributed by atoms with Crippen LogP contribution in [0.1, 0.15) is 11.1 Å². The van der Waals surface area contributed by atoms with Gasteiger partial charge in [-0.3, -0.25) is 9.69 Å². The fraction of sp³-hybridized carbons (Fsp3) is 0.211. The maximum absolute atomic E-state index is 12.2. The molecule has 1 aliphatic rings. The van der Waals surface area contributed by atoms with Crippen LogP contribution in [-0.4, -0.2) is 35.8 Å². The summed E-state index contributed by atoms with van der Waals surface area (Å²) in [7, 11) is 3.19. The minimum atomic E-state index is -0.186. The highest BCUT2D eigenvalue weighted by atomic mass is 79.9. The molecule has 0 saturated carbocycles. The van der Waals surface area contributed by atoms with Gasteiger partial charge < -0.3 is 9.47 Å². The lowest BCUT2D eigenvalue weighted by atomic mass is 10.1. The van der Waals surface area contributed by atoms with Crippen molar-refractivity contribution in [3.05, 3.63) is 57.0 Å². The molecular formula is C19H16BrClN2O3S. The average Bonchev–Trinajstić information content (AvgIpc) is 2.89. The molecule has 5 nitrogen and oxygen atoms in total. The molecule has 0 aromatic heterocycles. The van der Waals surface area contributed by atoms with Crippen molar-refractivity contribution in [3.63, 3.8) is 0 Å². The predicted molar refractivity (Wildman–Crippen MR) is 113 cm³/mol. The Bertz CT molecular complexity index is 931. The molecule has 8 heteroatoms. The Labute approximate surface area is 176 Å². The highest BCUT2D eigenvalue weighted by molar-refractivity contribution is 9.10. The number of ether oxygens (including phenoxy) is 2. The molecule has 0 radical (unpaired) electrons. The Balaban J connectivity index is 1.78. The van der Waals surface area contributed by atoms with Gasteiger partial charge in [0.25, 0.3) is 5.91 Å². The third-order valence-electron chi connectivity index (χ3n) is 4.07. The minimum Gasteiger partial charge on any atom is -0.493 e. The Morgan fingerprint density at radius 2 is 1.93 bits per heavy atom. The van der Waals surface area contributed by atoms with Crippen molar-refractivity contribution in [2.24, 2.45) is 4.99 Å². The summed E-state index contributed by atoms with van der Waals surface area (Å²) >= 11 is 14.5. The van der Waals surface area contributed by atoms with Crippen LogP contribution in [0.5, 0.6) is 11.5 Å². The first-order valence-corrected chi connectivity index (χ1v) is 9.60. The molecule has 0 N–H and O–H groups in total. The number of nitrogens with zero attached hydrogens (tertiary/aromatic N) is 2. The van der Waals surface area contributed by atoms with Crippen molar-refractivity contribution in [2.75, 3.05) is 14.2 Å². The zero-order valence-corrected chi connectivity index (χ0v) is 17.8. The van der Waals surface area contributed by atoms with Crippen molar-refractivity contribution in [1.82, 2.24) is 4.90 Å². The molecule has 0 aliphatic carbocycles. The van der Waals surface area contributed by atoms with Crippen molar-refractivity contribution in [3.8, 4) is 11.5 Å². The number of halogens is 2. The molecule has 0 spiro atoms. The molecule has 1 amide bonds. The molecule has 0 fully saturated rings. The number of thiocarbonyl (C=S) groups is 1. The van der Waals surface area contributed by atoms with E-state index < -0.39 is 0 Å².